The molecule has 0 saturated heterocycles. The summed E-state index contributed by atoms with van der Waals surface area (Å²) in [6, 6.07) is 51.7. The lowest BCUT2D eigenvalue weighted by molar-refractivity contribution is 0.164. The number of nitrogens with zero attached hydrogens (tertiary/aromatic N) is 3. The summed E-state index contributed by atoms with van der Waals surface area (Å²) in [4.78, 5) is 5.10. The molecule has 1 N–H and O–H groups in total. The first-order valence-electron chi connectivity index (χ1n) is 17.6. The zero-order valence-corrected chi connectivity index (χ0v) is 29.7. The molecule has 0 saturated carbocycles. The molecule has 0 spiro atoms. The minimum atomic E-state index is -3.91. The van der Waals surface area contributed by atoms with Crippen LogP contribution in [0.25, 0.3) is 21.8 Å². The monoisotopic (exact) mass is 701 g/mol. The van der Waals surface area contributed by atoms with Gasteiger partial charge in [-0.2, -0.15) is 0 Å². The first-order chi connectivity index (χ1) is 25.4. The van der Waals surface area contributed by atoms with Crippen LogP contribution in [0.1, 0.15) is 52.5 Å². The Bertz CT molecular complexity index is 2480. The first kappa shape index (κ1) is 33.4. The molecule has 6 aromatic carbocycles. The van der Waals surface area contributed by atoms with Crippen molar-refractivity contribution in [2.24, 2.45) is 0 Å². The van der Waals surface area contributed by atoms with Gasteiger partial charge >= 0.3 is 0 Å². The van der Waals surface area contributed by atoms with Crippen LogP contribution in [0.3, 0.4) is 0 Å². The normalized spacial score (nSPS) is 12.7. The maximum Gasteiger partial charge on any atom is 0.268 e. The van der Waals surface area contributed by atoms with Crippen LogP contribution in [0.5, 0.6) is 0 Å². The number of aliphatic hydroxyl groups excluding tert-OH is 1. The van der Waals surface area contributed by atoms with Gasteiger partial charge in [-0.15, -0.1) is 0 Å². The van der Waals surface area contributed by atoms with E-state index in [4.69, 9.17) is 4.98 Å². The van der Waals surface area contributed by atoms with Crippen molar-refractivity contribution in [2.45, 2.75) is 42.7 Å². The molecule has 258 valence electrons. The number of hydrogen-bond donors (Lipinski definition) is 1. The third-order valence-corrected chi connectivity index (χ3v) is 11.8. The highest BCUT2D eigenvalue weighted by Gasteiger charge is 2.38. The Hall–Kier alpha value is -5.76. The lowest BCUT2D eigenvalue weighted by Crippen LogP contribution is -2.36. The highest BCUT2D eigenvalue weighted by Crippen LogP contribution is 2.41. The van der Waals surface area contributed by atoms with Crippen LogP contribution in [0, 0.1) is 6.92 Å². The number of aliphatic hydroxyl groups is 1. The quantitative estimate of drug-likeness (QED) is 0.136. The summed E-state index contributed by atoms with van der Waals surface area (Å²) in [6.07, 6.45) is 5.11. The average Bonchev–Trinajstić information content (AvgIpc) is 3.79. The maximum atomic E-state index is 14.1. The van der Waals surface area contributed by atoms with Crippen LogP contribution >= 0.6 is 0 Å². The van der Waals surface area contributed by atoms with Crippen LogP contribution in [0.15, 0.2) is 175 Å². The van der Waals surface area contributed by atoms with Crippen molar-refractivity contribution >= 4 is 31.8 Å². The predicted octanol–water partition coefficient (Wildman–Crippen LogP) is 9.43. The second kappa shape index (κ2) is 13.8. The van der Waals surface area contributed by atoms with Gasteiger partial charge in [0.15, 0.2) is 0 Å². The van der Waals surface area contributed by atoms with Crippen LogP contribution < -0.4 is 0 Å². The van der Waals surface area contributed by atoms with E-state index in [1.807, 2.05) is 86.0 Å². The molecular formula is C45H39N3O3S. The Kier molecular flexibility index (Phi) is 8.83. The molecule has 0 radical (unpaired) electrons. The Morgan fingerprint density at radius 1 is 0.673 bits per heavy atom. The number of rotatable bonds is 11. The van der Waals surface area contributed by atoms with Gasteiger partial charge in [-0.05, 0) is 72.7 Å². The van der Waals surface area contributed by atoms with Gasteiger partial charge in [-0.25, -0.2) is 17.4 Å². The summed E-state index contributed by atoms with van der Waals surface area (Å²) in [5.74, 6) is 0. The van der Waals surface area contributed by atoms with E-state index in [1.54, 1.807) is 12.1 Å². The average molecular weight is 702 g/mol. The van der Waals surface area contributed by atoms with Crippen molar-refractivity contribution in [1.29, 1.82) is 0 Å². The second-order valence-electron chi connectivity index (χ2n) is 13.4. The van der Waals surface area contributed by atoms with Crippen molar-refractivity contribution in [1.82, 2.24) is 13.5 Å². The molecule has 0 fully saturated rings. The van der Waals surface area contributed by atoms with Crippen LogP contribution in [-0.2, 0) is 22.0 Å². The van der Waals surface area contributed by atoms with E-state index in [0.717, 1.165) is 38.7 Å². The zero-order valence-electron chi connectivity index (χ0n) is 28.9. The molecule has 2 aromatic heterocycles. The molecule has 52 heavy (non-hydrogen) atoms. The first-order valence-corrected chi connectivity index (χ1v) is 19.0. The van der Waals surface area contributed by atoms with Gasteiger partial charge < -0.3 is 9.67 Å². The SMILES string of the molecule is Cc1ccc(S(=O)(=O)n2c3ccccc3c3ccc(C(O)CCCc4cn(C(c5ccccc5)(c5ccccc5)c5ccccc5)cn4)cc32)cc1. The topological polar surface area (TPSA) is 77.1 Å². The zero-order chi connectivity index (χ0) is 35.7. The number of aromatic nitrogens is 3. The molecule has 0 aliphatic heterocycles. The van der Waals surface area contributed by atoms with Crippen molar-refractivity contribution in [3.63, 3.8) is 0 Å². The van der Waals surface area contributed by atoms with E-state index in [1.165, 1.54) is 3.97 Å². The standard InChI is InChI=1S/C45H39N3O3S/c1-33-24-27-39(28-25-33)52(50,51)48-42-22-12-11-21-40(42)41-29-26-34(30-43(41)48)44(49)23-13-20-38-31-47(32-46-38)45(35-14-5-2-6-15-35,36-16-7-3-8-17-36)37-18-9-4-10-19-37/h2-12,14-19,21-22,24-32,44,49H,13,20,23H2,1H3. The molecule has 2 heterocycles. The summed E-state index contributed by atoms with van der Waals surface area (Å²) >= 11 is 0. The molecule has 1 unspecified atom stereocenters. The molecule has 0 aliphatic rings. The molecule has 0 aliphatic carbocycles. The number of benzene rings is 6. The number of hydrogen-bond acceptors (Lipinski definition) is 4. The summed E-state index contributed by atoms with van der Waals surface area (Å²) in [6.45, 7) is 1.93. The molecular weight excluding hydrogens is 663 g/mol. The fourth-order valence-corrected chi connectivity index (χ4v) is 9.06. The summed E-state index contributed by atoms with van der Waals surface area (Å²) in [5.41, 5.74) is 6.50. The van der Waals surface area contributed by atoms with Crippen molar-refractivity contribution in [3.8, 4) is 0 Å². The Morgan fingerprint density at radius 2 is 1.23 bits per heavy atom. The summed E-state index contributed by atoms with van der Waals surface area (Å²) < 4.78 is 31.8. The minimum absolute atomic E-state index is 0.224. The van der Waals surface area contributed by atoms with Gasteiger partial charge in [-0.1, -0.05) is 139 Å². The van der Waals surface area contributed by atoms with Crippen molar-refractivity contribution < 1.29 is 13.5 Å². The third kappa shape index (κ3) is 5.82. The fourth-order valence-electron chi connectivity index (χ4n) is 7.54. The van der Waals surface area contributed by atoms with E-state index in [-0.39, 0.29) is 4.90 Å². The molecule has 6 nitrogen and oxygen atoms in total. The fraction of sp³-hybridized carbons (Fsp3) is 0.133. The van der Waals surface area contributed by atoms with Gasteiger partial charge in [0.2, 0.25) is 0 Å². The number of para-hydroxylation sites is 1. The van der Waals surface area contributed by atoms with Gasteiger partial charge in [0.1, 0.15) is 5.54 Å². The summed E-state index contributed by atoms with van der Waals surface area (Å²) in [5, 5.41) is 13.1. The van der Waals surface area contributed by atoms with Crippen molar-refractivity contribution in [3.05, 3.63) is 204 Å². The van der Waals surface area contributed by atoms with Gasteiger partial charge in [0, 0.05) is 17.0 Å². The maximum absolute atomic E-state index is 14.1. The third-order valence-electron chi connectivity index (χ3n) is 10.1. The van der Waals surface area contributed by atoms with Crippen LogP contribution in [0.4, 0.5) is 0 Å². The Labute approximate surface area is 304 Å². The van der Waals surface area contributed by atoms with Crippen LogP contribution in [0.2, 0.25) is 0 Å². The van der Waals surface area contributed by atoms with Crippen LogP contribution in [-0.4, -0.2) is 27.0 Å². The van der Waals surface area contributed by atoms with E-state index in [0.29, 0.717) is 35.9 Å². The Morgan fingerprint density at radius 3 is 1.85 bits per heavy atom. The van der Waals surface area contributed by atoms with Gasteiger partial charge in [0.25, 0.3) is 10.0 Å². The van der Waals surface area contributed by atoms with E-state index in [2.05, 4.69) is 83.6 Å². The lowest BCUT2D eigenvalue weighted by Gasteiger charge is -2.37. The molecule has 8 aromatic rings. The predicted molar refractivity (Wildman–Crippen MR) is 208 cm³/mol. The summed E-state index contributed by atoms with van der Waals surface area (Å²) in [7, 11) is -3.91. The van der Waals surface area contributed by atoms with E-state index in [9.17, 15) is 13.5 Å². The minimum Gasteiger partial charge on any atom is -0.388 e. The Balaban J connectivity index is 1.09. The second-order valence-corrected chi connectivity index (χ2v) is 15.2. The molecule has 0 amide bonds. The largest absolute Gasteiger partial charge is 0.388 e. The number of imidazole rings is 1. The smallest absolute Gasteiger partial charge is 0.268 e. The van der Waals surface area contributed by atoms with E-state index < -0.39 is 21.7 Å². The molecule has 8 rings (SSSR count). The highest BCUT2D eigenvalue weighted by atomic mass is 32.2. The van der Waals surface area contributed by atoms with Crippen molar-refractivity contribution in [2.75, 3.05) is 0 Å². The van der Waals surface area contributed by atoms with Gasteiger partial charge in [-0.3, -0.25) is 0 Å². The molecule has 7 heteroatoms. The number of aryl methyl sites for hydroxylation is 2. The number of fused-ring (bicyclic) bond motifs is 3. The van der Waals surface area contributed by atoms with E-state index >= 15 is 0 Å². The highest BCUT2D eigenvalue weighted by molar-refractivity contribution is 7.90. The molecule has 0 bridgehead atoms. The molecule has 1 atom stereocenters. The van der Waals surface area contributed by atoms with Gasteiger partial charge in [0.05, 0.1) is 34.1 Å². The lowest BCUT2D eigenvalue weighted by atomic mass is 9.77.